The molecule has 0 unspecified atom stereocenters. The second kappa shape index (κ2) is 8.43. The molecule has 2 fully saturated rings. The summed E-state index contributed by atoms with van der Waals surface area (Å²) in [6, 6.07) is 8.04. The number of alkyl halides is 2. The van der Waals surface area contributed by atoms with Crippen molar-refractivity contribution < 1.29 is 18.3 Å². The van der Waals surface area contributed by atoms with Gasteiger partial charge in [-0.05, 0) is 30.5 Å². The second-order valence-corrected chi connectivity index (χ2v) is 7.34. The number of methoxy groups -OCH3 is 1. The Bertz CT molecular complexity index is 544. The van der Waals surface area contributed by atoms with Gasteiger partial charge < -0.3 is 14.4 Å². The minimum Gasteiger partial charge on any atom is -0.493 e. The number of hydrogen-bond acceptors (Lipinski definition) is 4. The van der Waals surface area contributed by atoms with Gasteiger partial charge in [0.25, 0.3) is 6.43 Å². The average molecular weight is 354 g/mol. The average Bonchev–Trinajstić information content (AvgIpc) is 3.35. The Hall–Kier alpha value is -1.24. The third kappa shape index (κ3) is 5.62. The highest BCUT2D eigenvalue weighted by molar-refractivity contribution is 5.28. The van der Waals surface area contributed by atoms with Crippen LogP contribution in [0.25, 0.3) is 0 Å². The van der Waals surface area contributed by atoms with Crippen molar-refractivity contribution in [3.8, 4) is 5.75 Å². The molecule has 0 bridgehead atoms. The van der Waals surface area contributed by atoms with E-state index < -0.39 is 6.43 Å². The lowest BCUT2D eigenvalue weighted by molar-refractivity contribution is 0.0469. The van der Waals surface area contributed by atoms with Gasteiger partial charge in [0.1, 0.15) is 5.75 Å². The van der Waals surface area contributed by atoms with E-state index in [1.165, 1.54) is 12.8 Å². The Morgan fingerprint density at radius 2 is 1.84 bits per heavy atom. The summed E-state index contributed by atoms with van der Waals surface area (Å²) in [5.41, 5.74) is 1.35. The fraction of sp³-hybridized carbons (Fsp3) is 0.684. The van der Waals surface area contributed by atoms with Crippen LogP contribution in [0.1, 0.15) is 18.4 Å². The van der Waals surface area contributed by atoms with E-state index in [1.807, 2.05) is 29.2 Å². The number of halogens is 2. The van der Waals surface area contributed by atoms with Crippen LogP contribution in [0.3, 0.4) is 0 Å². The van der Waals surface area contributed by atoms with Crippen molar-refractivity contribution in [3.63, 3.8) is 0 Å². The van der Waals surface area contributed by atoms with E-state index >= 15 is 0 Å². The van der Waals surface area contributed by atoms with Gasteiger partial charge in [-0.2, -0.15) is 0 Å². The van der Waals surface area contributed by atoms with Crippen LogP contribution in [0.2, 0.25) is 0 Å². The molecule has 1 aliphatic heterocycles. The number of benzene rings is 1. The van der Waals surface area contributed by atoms with Crippen LogP contribution >= 0.6 is 0 Å². The fourth-order valence-electron chi connectivity index (χ4n) is 3.45. The van der Waals surface area contributed by atoms with Crippen molar-refractivity contribution in [3.05, 3.63) is 29.8 Å². The smallest absolute Gasteiger partial charge is 0.251 e. The zero-order chi connectivity index (χ0) is 17.7. The highest BCUT2D eigenvalue weighted by atomic mass is 19.3. The van der Waals surface area contributed by atoms with Crippen LogP contribution in [0.4, 0.5) is 8.78 Å². The zero-order valence-electron chi connectivity index (χ0n) is 14.9. The van der Waals surface area contributed by atoms with Gasteiger partial charge in [0.2, 0.25) is 0 Å². The van der Waals surface area contributed by atoms with E-state index in [0.717, 1.165) is 50.6 Å². The van der Waals surface area contributed by atoms with E-state index in [-0.39, 0.29) is 12.0 Å². The Kier molecular flexibility index (Phi) is 6.25. The van der Waals surface area contributed by atoms with Gasteiger partial charge in [0, 0.05) is 45.2 Å². The van der Waals surface area contributed by atoms with Crippen LogP contribution in [-0.4, -0.2) is 69.2 Å². The predicted molar refractivity (Wildman–Crippen MR) is 93.2 cm³/mol. The summed E-state index contributed by atoms with van der Waals surface area (Å²) in [5.74, 6) is 0.891. The molecule has 6 heteroatoms. The van der Waals surface area contributed by atoms with Crippen molar-refractivity contribution in [1.29, 1.82) is 0 Å². The summed E-state index contributed by atoms with van der Waals surface area (Å²) in [6.45, 7) is 5.44. The SMILES string of the molecule is COCc1cccc(OCC2(CN3CCN(CC(F)F)CC3)CC2)c1. The number of nitrogens with zero attached hydrogens (tertiary/aromatic N) is 2. The third-order valence-electron chi connectivity index (χ3n) is 5.13. The van der Waals surface area contributed by atoms with Gasteiger partial charge in [-0.3, -0.25) is 4.90 Å². The highest BCUT2D eigenvalue weighted by Crippen LogP contribution is 2.46. The standard InChI is InChI=1S/C19H28F2N2O2/c1-24-13-16-3-2-4-17(11-16)25-15-19(5-6-19)14-23-9-7-22(8-10-23)12-18(20)21/h2-4,11,18H,5-10,12-15H2,1H3. The Morgan fingerprint density at radius 3 is 2.48 bits per heavy atom. The minimum absolute atomic E-state index is 0.0973. The first-order chi connectivity index (χ1) is 12.1. The molecule has 1 saturated carbocycles. The lowest BCUT2D eigenvalue weighted by Gasteiger charge is -2.36. The molecule has 4 nitrogen and oxygen atoms in total. The molecule has 1 aromatic rings. The predicted octanol–water partition coefficient (Wildman–Crippen LogP) is 2.87. The molecule has 0 aromatic heterocycles. The van der Waals surface area contributed by atoms with Gasteiger partial charge in [-0.15, -0.1) is 0 Å². The first-order valence-electron chi connectivity index (χ1n) is 9.02. The molecule has 2 aliphatic rings. The summed E-state index contributed by atoms with van der Waals surface area (Å²) >= 11 is 0. The van der Waals surface area contributed by atoms with E-state index in [9.17, 15) is 8.78 Å². The maximum absolute atomic E-state index is 12.5. The summed E-state index contributed by atoms with van der Waals surface area (Å²) in [7, 11) is 1.69. The van der Waals surface area contributed by atoms with Crippen molar-refractivity contribution in [1.82, 2.24) is 9.80 Å². The molecule has 0 spiro atoms. The number of rotatable bonds is 9. The second-order valence-electron chi connectivity index (χ2n) is 7.34. The van der Waals surface area contributed by atoms with Gasteiger partial charge in [0.15, 0.2) is 0 Å². The fourth-order valence-corrected chi connectivity index (χ4v) is 3.45. The molecule has 1 saturated heterocycles. The summed E-state index contributed by atoms with van der Waals surface area (Å²) in [6.07, 6.45) is 0.132. The molecular formula is C19H28F2N2O2. The topological polar surface area (TPSA) is 24.9 Å². The van der Waals surface area contributed by atoms with Crippen molar-refractivity contribution in [2.45, 2.75) is 25.9 Å². The first-order valence-corrected chi connectivity index (χ1v) is 9.02. The Balaban J connectivity index is 1.43. The molecule has 25 heavy (non-hydrogen) atoms. The first kappa shape index (κ1) is 18.5. The molecule has 1 heterocycles. The van der Waals surface area contributed by atoms with Crippen LogP contribution < -0.4 is 4.74 Å². The minimum atomic E-state index is -2.23. The van der Waals surface area contributed by atoms with Gasteiger partial charge >= 0.3 is 0 Å². The largest absolute Gasteiger partial charge is 0.493 e. The summed E-state index contributed by atoms with van der Waals surface area (Å²) < 4.78 is 36.1. The summed E-state index contributed by atoms with van der Waals surface area (Å²) in [4.78, 5) is 4.26. The molecule has 0 N–H and O–H groups in total. The lowest BCUT2D eigenvalue weighted by atomic mass is 10.1. The monoisotopic (exact) mass is 354 g/mol. The number of ether oxygens (including phenoxy) is 2. The maximum Gasteiger partial charge on any atom is 0.251 e. The van der Waals surface area contributed by atoms with Crippen LogP contribution in [0, 0.1) is 5.41 Å². The Morgan fingerprint density at radius 1 is 1.12 bits per heavy atom. The Labute approximate surface area is 148 Å². The molecule has 1 aliphatic carbocycles. The van der Waals surface area contributed by atoms with Crippen molar-refractivity contribution >= 4 is 0 Å². The quantitative estimate of drug-likeness (QED) is 0.681. The van der Waals surface area contributed by atoms with Gasteiger partial charge in [-0.25, -0.2) is 8.78 Å². The maximum atomic E-state index is 12.5. The molecule has 140 valence electrons. The van der Waals surface area contributed by atoms with Gasteiger partial charge in [-0.1, -0.05) is 12.1 Å². The molecule has 3 rings (SSSR count). The highest BCUT2D eigenvalue weighted by Gasteiger charge is 2.45. The van der Waals surface area contributed by atoms with E-state index in [1.54, 1.807) is 7.11 Å². The number of hydrogen-bond donors (Lipinski definition) is 0. The molecule has 0 atom stereocenters. The normalized spacial score (nSPS) is 20.8. The van der Waals surface area contributed by atoms with E-state index in [0.29, 0.717) is 6.61 Å². The van der Waals surface area contributed by atoms with Crippen LogP contribution in [0.15, 0.2) is 24.3 Å². The van der Waals surface area contributed by atoms with Crippen LogP contribution in [0.5, 0.6) is 5.75 Å². The van der Waals surface area contributed by atoms with E-state index in [2.05, 4.69) is 4.90 Å². The zero-order valence-corrected chi connectivity index (χ0v) is 14.9. The van der Waals surface area contributed by atoms with Crippen molar-refractivity contribution in [2.24, 2.45) is 5.41 Å². The van der Waals surface area contributed by atoms with Gasteiger partial charge in [0.05, 0.1) is 19.8 Å². The number of piperazine rings is 1. The molecule has 0 radical (unpaired) electrons. The molecule has 0 amide bonds. The van der Waals surface area contributed by atoms with Crippen LogP contribution in [-0.2, 0) is 11.3 Å². The third-order valence-corrected chi connectivity index (χ3v) is 5.13. The molecular weight excluding hydrogens is 326 g/mol. The molecule has 1 aromatic carbocycles. The summed E-state index contributed by atoms with van der Waals surface area (Å²) in [5, 5.41) is 0. The van der Waals surface area contributed by atoms with Crippen molar-refractivity contribution in [2.75, 3.05) is 53.0 Å². The van der Waals surface area contributed by atoms with E-state index in [4.69, 9.17) is 9.47 Å². The lowest BCUT2D eigenvalue weighted by Crippen LogP contribution is -2.49.